The predicted molar refractivity (Wildman–Crippen MR) is 72.2 cm³/mol. The molecule has 92 valence electrons. The number of nitrogens with two attached hydrogens (primary N) is 1. The van der Waals surface area contributed by atoms with Crippen LogP contribution in [-0.2, 0) is 0 Å². The Kier molecular flexibility index (Phi) is 4.57. The van der Waals surface area contributed by atoms with Gasteiger partial charge in [-0.25, -0.2) is 0 Å². The molecule has 0 aliphatic carbocycles. The molecule has 0 bridgehead atoms. The third kappa shape index (κ3) is 3.83. The van der Waals surface area contributed by atoms with Crippen LogP contribution in [0.25, 0.3) is 0 Å². The fourth-order valence-corrected chi connectivity index (χ4v) is 1.36. The minimum Gasteiger partial charge on any atom is -0.397 e. The van der Waals surface area contributed by atoms with Gasteiger partial charge in [0.1, 0.15) is 0 Å². The summed E-state index contributed by atoms with van der Waals surface area (Å²) >= 11 is 0. The Morgan fingerprint density at radius 1 is 1.41 bits per heavy atom. The molecule has 0 unspecified atom stereocenters. The van der Waals surface area contributed by atoms with Crippen molar-refractivity contribution < 1.29 is 4.79 Å². The Labute approximate surface area is 102 Å². The van der Waals surface area contributed by atoms with Crippen molar-refractivity contribution in [3.05, 3.63) is 35.4 Å². The molecular weight excluding hydrogens is 214 g/mol. The number of allylic oxidation sites excluding steroid dienone is 1. The minimum absolute atomic E-state index is 0.115. The van der Waals surface area contributed by atoms with Crippen LogP contribution in [0.4, 0.5) is 11.4 Å². The first-order valence-corrected chi connectivity index (χ1v) is 5.53. The Morgan fingerprint density at radius 3 is 2.71 bits per heavy atom. The van der Waals surface area contributed by atoms with Crippen molar-refractivity contribution in [2.24, 2.45) is 0 Å². The normalized spacial score (nSPS) is 9.59. The van der Waals surface area contributed by atoms with Gasteiger partial charge in [0.15, 0.2) is 0 Å². The molecule has 1 aromatic rings. The molecule has 1 amide bonds. The molecule has 0 aromatic heterocycles. The van der Waals surface area contributed by atoms with Crippen LogP contribution >= 0.6 is 0 Å². The molecule has 1 rings (SSSR count). The summed E-state index contributed by atoms with van der Waals surface area (Å²) in [5.74, 6) is -0.115. The summed E-state index contributed by atoms with van der Waals surface area (Å²) < 4.78 is 0. The summed E-state index contributed by atoms with van der Waals surface area (Å²) in [5, 5.41) is 5.77. The van der Waals surface area contributed by atoms with E-state index in [1.54, 1.807) is 25.2 Å². The zero-order chi connectivity index (χ0) is 12.8. The van der Waals surface area contributed by atoms with E-state index >= 15 is 0 Å². The second kappa shape index (κ2) is 5.94. The highest BCUT2D eigenvalue weighted by atomic mass is 16.1. The Bertz CT molecular complexity index is 434. The van der Waals surface area contributed by atoms with E-state index < -0.39 is 0 Å². The molecule has 0 saturated heterocycles. The molecule has 0 saturated carbocycles. The summed E-state index contributed by atoms with van der Waals surface area (Å²) in [6.45, 7) is 4.77. The number of carbonyl (C=O) groups is 1. The SMILES string of the molecule is CNC(=O)c1ccc(N)c(NCC=C(C)C)c1. The van der Waals surface area contributed by atoms with Gasteiger partial charge in [-0.05, 0) is 32.0 Å². The van der Waals surface area contributed by atoms with E-state index in [1.165, 1.54) is 5.57 Å². The number of hydrogen-bond acceptors (Lipinski definition) is 3. The lowest BCUT2D eigenvalue weighted by Gasteiger charge is -2.09. The fourth-order valence-electron chi connectivity index (χ4n) is 1.36. The maximum Gasteiger partial charge on any atom is 0.251 e. The maximum absolute atomic E-state index is 11.5. The van der Waals surface area contributed by atoms with Crippen molar-refractivity contribution in [1.29, 1.82) is 0 Å². The quantitative estimate of drug-likeness (QED) is 0.550. The molecule has 4 heteroatoms. The van der Waals surface area contributed by atoms with Gasteiger partial charge >= 0.3 is 0 Å². The molecule has 0 radical (unpaired) electrons. The summed E-state index contributed by atoms with van der Waals surface area (Å²) in [7, 11) is 1.61. The minimum atomic E-state index is -0.115. The number of benzene rings is 1. The Morgan fingerprint density at radius 2 is 2.12 bits per heavy atom. The molecule has 0 spiro atoms. The third-order valence-corrected chi connectivity index (χ3v) is 2.35. The van der Waals surface area contributed by atoms with Gasteiger partial charge in [-0.15, -0.1) is 0 Å². The van der Waals surface area contributed by atoms with Gasteiger partial charge in [0.05, 0.1) is 11.4 Å². The van der Waals surface area contributed by atoms with E-state index in [0.717, 1.165) is 5.69 Å². The van der Waals surface area contributed by atoms with E-state index in [9.17, 15) is 4.79 Å². The first kappa shape index (κ1) is 13.1. The van der Waals surface area contributed by atoms with E-state index in [-0.39, 0.29) is 5.91 Å². The highest BCUT2D eigenvalue weighted by molar-refractivity contribution is 5.96. The van der Waals surface area contributed by atoms with E-state index in [1.807, 2.05) is 13.8 Å². The average molecular weight is 233 g/mol. The Hall–Kier alpha value is -1.97. The summed E-state index contributed by atoms with van der Waals surface area (Å²) in [6.07, 6.45) is 2.06. The van der Waals surface area contributed by atoms with Crippen LogP contribution in [0.15, 0.2) is 29.8 Å². The second-order valence-corrected chi connectivity index (χ2v) is 4.04. The number of anilines is 2. The first-order chi connectivity index (χ1) is 8.04. The Balaban J connectivity index is 2.83. The fraction of sp³-hybridized carbons (Fsp3) is 0.308. The van der Waals surface area contributed by atoms with Crippen molar-refractivity contribution in [2.75, 3.05) is 24.6 Å². The number of hydrogen-bond donors (Lipinski definition) is 3. The zero-order valence-corrected chi connectivity index (χ0v) is 10.5. The first-order valence-electron chi connectivity index (χ1n) is 5.53. The highest BCUT2D eigenvalue weighted by Crippen LogP contribution is 2.19. The van der Waals surface area contributed by atoms with Crippen molar-refractivity contribution >= 4 is 17.3 Å². The van der Waals surface area contributed by atoms with Crippen LogP contribution in [0.1, 0.15) is 24.2 Å². The van der Waals surface area contributed by atoms with Crippen LogP contribution in [0.2, 0.25) is 0 Å². The van der Waals surface area contributed by atoms with Crippen LogP contribution in [-0.4, -0.2) is 19.5 Å². The number of carbonyl (C=O) groups excluding carboxylic acids is 1. The van der Waals surface area contributed by atoms with Gasteiger partial charge in [0, 0.05) is 19.2 Å². The second-order valence-electron chi connectivity index (χ2n) is 4.04. The average Bonchev–Trinajstić information content (AvgIpc) is 2.30. The molecule has 0 heterocycles. The van der Waals surface area contributed by atoms with Crippen molar-refractivity contribution in [3.63, 3.8) is 0 Å². The van der Waals surface area contributed by atoms with Crippen LogP contribution in [0.3, 0.4) is 0 Å². The molecule has 1 aromatic carbocycles. The number of nitrogen functional groups attached to an aromatic ring is 1. The predicted octanol–water partition coefficient (Wildman–Crippen LogP) is 2.01. The molecule has 0 atom stereocenters. The van der Waals surface area contributed by atoms with Crippen LogP contribution in [0.5, 0.6) is 0 Å². The highest BCUT2D eigenvalue weighted by Gasteiger charge is 2.05. The molecule has 0 aliphatic heterocycles. The van der Waals surface area contributed by atoms with Crippen molar-refractivity contribution in [3.8, 4) is 0 Å². The summed E-state index contributed by atoms with van der Waals surface area (Å²) in [4.78, 5) is 11.5. The number of amides is 1. The topological polar surface area (TPSA) is 67.2 Å². The van der Waals surface area contributed by atoms with Gasteiger partial charge < -0.3 is 16.4 Å². The lowest BCUT2D eigenvalue weighted by atomic mass is 10.1. The van der Waals surface area contributed by atoms with Gasteiger partial charge in [0.25, 0.3) is 5.91 Å². The van der Waals surface area contributed by atoms with Gasteiger partial charge in [-0.1, -0.05) is 11.6 Å². The monoisotopic (exact) mass is 233 g/mol. The van der Waals surface area contributed by atoms with Crippen LogP contribution < -0.4 is 16.4 Å². The molecule has 4 N–H and O–H groups in total. The molecule has 0 aliphatic rings. The molecule has 4 nitrogen and oxygen atoms in total. The maximum atomic E-state index is 11.5. The lowest BCUT2D eigenvalue weighted by molar-refractivity contribution is 0.0963. The number of rotatable bonds is 4. The van der Waals surface area contributed by atoms with Crippen molar-refractivity contribution in [2.45, 2.75) is 13.8 Å². The van der Waals surface area contributed by atoms with Crippen LogP contribution in [0, 0.1) is 0 Å². The van der Waals surface area contributed by atoms with Gasteiger partial charge in [0.2, 0.25) is 0 Å². The lowest BCUT2D eigenvalue weighted by Crippen LogP contribution is -2.18. The third-order valence-electron chi connectivity index (χ3n) is 2.35. The van der Waals surface area contributed by atoms with E-state index in [0.29, 0.717) is 17.8 Å². The molecular formula is C13H19N3O. The summed E-state index contributed by atoms with van der Waals surface area (Å²) in [6, 6.07) is 5.20. The van der Waals surface area contributed by atoms with Crippen molar-refractivity contribution in [1.82, 2.24) is 5.32 Å². The smallest absolute Gasteiger partial charge is 0.251 e. The largest absolute Gasteiger partial charge is 0.397 e. The summed E-state index contributed by atoms with van der Waals surface area (Å²) in [5.41, 5.74) is 9.09. The van der Waals surface area contributed by atoms with Gasteiger partial charge in [-0.2, -0.15) is 0 Å². The standard InChI is InChI=1S/C13H19N3O/c1-9(2)6-7-16-12-8-10(13(17)15-3)4-5-11(12)14/h4-6,8,16H,7,14H2,1-3H3,(H,15,17). The molecule has 0 fully saturated rings. The van der Waals surface area contributed by atoms with E-state index in [2.05, 4.69) is 16.7 Å². The zero-order valence-electron chi connectivity index (χ0n) is 10.5. The number of nitrogens with one attached hydrogen (secondary N) is 2. The molecule has 17 heavy (non-hydrogen) atoms. The van der Waals surface area contributed by atoms with E-state index in [4.69, 9.17) is 5.73 Å². The van der Waals surface area contributed by atoms with Gasteiger partial charge in [-0.3, -0.25) is 4.79 Å².